The lowest BCUT2D eigenvalue weighted by molar-refractivity contribution is -0.162. The molecule has 0 amide bonds. The van der Waals surface area contributed by atoms with Gasteiger partial charge in [-0.15, -0.1) is 0 Å². The van der Waals surface area contributed by atoms with Gasteiger partial charge in [-0.1, -0.05) is 0 Å². The van der Waals surface area contributed by atoms with Gasteiger partial charge < -0.3 is 5.73 Å². The summed E-state index contributed by atoms with van der Waals surface area (Å²) in [7, 11) is 0. The fraction of sp³-hybridized carbons (Fsp3) is 0.333. The normalized spacial score (nSPS) is 13.7. The Hall–Kier alpha value is -1.61. The Kier molecular flexibility index (Phi) is 3.42. The third-order valence-electron chi connectivity index (χ3n) is 2.14. The smallest absolute Gasteiger partial charge is 0.398 e. The molecule has 19 heavy (non-hydrogen) atoms. The molecule has 0 heterocycles. The minimum Gasteiger partial charge on any atom is -0.398 e. The lowest BCUT2D eigenvalue weighted by Crippen LogP contribution is -2.22. The van der Waals surface area contributed by atoms with Crippen LogP contribution >= 0.6 is 0 Å². The van der Waals surface area contributed by atoms with Crippen LogP contribution in [0.1, 0.15) is 16.7 Å². The number of alkyl halides is 9. The molecule has 0 bridgehead atoms. The predicted octanol–water partition coefficient (Wildman–Crippen LogP) is 4.33. The van der Waals surface area contributed by atoms with Crippen molar-refractivity contribution in [1.29, 1.82) is 0 Å². The number of rotatable bonds is 0. The molecule has 0 saturated carbocycles. The van der Waals surface area contributed by atoms with Gasteiger partial charge in [-0.3, -0.25) is 0 Å². The molecule has 1 aromatic rings. The van der Waals surface area contributed by atoms with E-state index in [0.717, 1.165) is 0 Å². The number of halogens is 9. The first-order chi connectivity index (χ1) is 8.26. The molecule has 0 aliphatic heterocycles. The van der Waals surface area contributed by atoms with Gasteiger partial charge in [0.1, 0.15) is 0 Å². The van der Waals surface area contributed by atoms with Gasteiger partial charge in [-0.05, 0) is 12.1 Å². The van der Waals surface area contributed by atoms with Crippen LogP contribution < -0.4 is 5.73 Å². The average molecular weight is 297 g/mol. The van der Waals surface area contributed by atoms with Crippen LogP contribution in [0.25, 0.3) is 0 Å². The molecular formula is C9H4F9N. The van der Waals surface area contributed by atoms with Crippen LogP contribution in [0, 0.1) is 0 Å². The zero-order chi connectivity index (χ0) is 15.2. The molecule has 0 radical (unpaired) electrons. The topological polar surface area (TPSA) is 26.0 Å². The SMILES string of the molecule is Nc1c(C(F)(F)F)ccc(C(F)(F)F)c1C(F)(F)F. The lowest BCUT2D eigenvalue weighted by atomic mass is 9.99. The van der Waals surface area contributed by atoms with Crippen LogP contribution in [-0.4, -0.2) is 0 Å². The fourth-order valence-corrected chi connectivity index (χ4v) is 1.41. The summed E-state index contributed by atoms with van der Waals surface area (Å²) in [5.74, 6) is 0. The summed E-state index contributed by atoms with van der Waals surface area (Å²) in [5, 5.41) is 0. The molecule has 10 heteroatoms. The molecule has 1 rings (SSSR count). The molecule has 0 aliphatic carbocycles. The van der Waals surface area contributed by atoms with E-state index in [1.807, 2.05) is 0 Å². The summed E-state index contributed by atoms with van der Waals surface area (Å²) in [6.07, 6.45) is -16.4. The number of nitrogens with two attached hydrogens (primary N) is 1. The molecule has 0 aliphatic rings. The zero-order valence-electron chi connectivity index (χ0n) is 8.63. The highest BCUT2D eigenvalue weighted by Crippen LogP contribution is 2.47. The standard InChI is InChI=1S/C9H4F9N/c10-7(11,12)3-1-2-4(8(13,14)15)6(19)5(3)9(16,17)18/h1-2H,19H2. The fourth-order valence-electron chi connectivity index (χ4n) is 1.41. The van der Waals surface area contributed by atoms with Crippen LogP contribution in [0.2, 0.25) is 0 Å². The largest absolute Gasteiger partial charge is 0.418 e. The maximum Gasteiger partial charge on any atom is 0.418 e. The Morgan fingerprint density at radius 3 is 1.32 bits per heavy atom. The molecule has 2 N–H and O–H groups in total. The Labute approximate surface area is 99.4 Å². The maximum absolute atomic E-state index is 12.5. The molecule has 0 saturated heterocycles. The van der Waals surface area contributed by atoms with E-state index in [-0.39, 0.29) is 12.1 Å². The van der Waals surface area contributed by atoms with Crippen molar-refractivity contribution in [3.8, 4) is 0 Å². The first-order valence-electron chi connectivity index (χ1n) is 4.40. The van der Waals surface area contributed by atoms with Crippen LogP contribution in [0.3, 0.4) is 0 Å². The van der Waals surface area contributed by atoms with E-state index >= 15 is 0 Å². The predicted molar refractivity (Wildman–Crippen MR) is 45.9 cm³/mol. The number of nitrogen functional groups attached to an aromatic ring is 1. The highest BCUT2D eigenvalue weighted by Gasteiger charge is 2.47. The molecule has 0 fully saturated rings. The van der Waals surface area contributed by atoms with E-state index in [0.29, 0.717) is 0 Å². The van der Waals surface area contributed by atoms with Gasteiger partial charge in [-0.25, -0.2) is 0 Å². The minimum absolute atomic E-state index is 0.132. The summed E-state index contributed by atoms with van der Waals surface area (Å²) >= 11 is 0. The highest BCUT2D eigenvalue weighted by molar-refractivity contribution is 5.60. The number of hydrogen-bond acceptors (Lipinski definition) is 1. The minimum atomic E-state index is -5.66. The quantitative estimate of drug-likeness (QED) is 0.560. The van der Waals surface area contributed by atoms with E-state index in [4.69, 9.17) is 0 Å². The Morgan fingerprint density at radius 2 is 1.00 bits per heavy atom. The van der Waals surface area contributed by atoms with Gasteiger partial charge in [-0.2, -0.15) is 39.5 Å². The van der Waals surface area contributed by atoms with E-state index in [1.54, 1.807) is 0 Å². The number of benzene rings is 1. The van der Waals surface area contributed by atoms with Gasteiger partial charge in [0.15, 0.2) is 0 Å². The third kappa shape index (κ3) is 3.04. The van der Waals surface area contributed by atoms with Crippen LogP contribution in [0.15, 0.2) is 12.1 Å². The third-order valence-corrected chi connectivity index (χ3v) is 2.14. The van der Waals surface area contributed by atoms with Crippen molar-refractivity contribution in [3.05, 3.63) is 28.8 Å². The second-order valence-corrected chi connectivity index (χ2v) is 3.44. The summed E-state index contributed by atoms with van der Waals surface area (Å²) in [4.78, 5) is 0. The molecule has 1 aromatic carbocycles. The van der Waals surface area contributed by atoms with Gasteiger partial charge in [0.05, 0.1) is 22.4 Å². The lowest BCUT2D eigenvalue weighted by Gasteiger charge is -2.20. The van der Waals surface area contributed by atoms with Gasteiger partial charge in [0, 0.05) is 0 Å². The second kappa shape index (κ2) is 4.20. The van der Waals surface area contributed by atoms with E-state index in [1.165, 1.54) is 0 Å². The van der Waals surface area contributed by atoms with Gasteiger partial charge in [0.2, 0.25) is 0 Å². The van der Waals surface area contributed by atoms with Crippen molar-refractivity contribution in [2.24, 2.45) is 0 Å². The van der Waals surface area contributed by atoms with Crippen molar-refractivity contribution < 1.29 is 39.5 Å². The van der Waals surface area contributed by atoms with Crippen LogP contribution in [0.4, 0.5) is 45.2 Å². The van der Waals surface area contributed by atoms with Gasteiger partial charge in [0.25, 0.3) is 0 Å². The van der Waals surface area contributed by atoms with Crippen LogP contribution in [-0.2, 0) is 18.5 Å². The van der Waals surface area contributed by atoms with E-state index in [2.05, 4.69) is 5.73 Å². The molecule has 0 unspecified atom stereocenters. The molecule has 0 atom stereocenters. The molecule has 0 spiro atoms. The highest BCUT2D eigenvalue weighted by atomic mass is 19.4. The van der Waals surface area contributed by atoms with E-state index in [9.17, 15) is 39.5 Å². The summed E-state index contributed by atoms with van der Waals surface area (Å²) in [6, 6.07) is -0.421. The number of hydrogen-bond donors (Lipinski definition) is 1. The van der Waals surface area contributed by atoms with E-state index < -0.39 is 40.9 Å². The zero-order valence-corrected chi connectivity index (χ0v) is 8.63. The van der Waals surface area contributed by atoms with Crippen molar-refractivity contribution in [3.63, 3.8) is 0 Å². The van der Waals surface area contributed by atoms with Crippen molar-refractivity contribution in [2.45, 2.75) is 18.5 Å². The van der Waals surface area contributed by atoms with Crippen molar-refractivity contribution in [2.75, 3.05) is 5.73 Å². The maximum atomic E-state index is 12.5. The molecule has 0 aromatic heterocycles. The molecular weight excluding hydrogens is 293 g/mol. The first kappa shape index (κ1) is 15.4. The number of anilines is 1. The Bertz CT molecular complexity index is 480. The summed E-state index contributed by atoms with van der Waals surface area (Å²) in [6.45, 7) is 0. The Balaban J connectivity index is 3.71. The van der Waals surface area contributed by atoms with Crippen molar-refractivity contribution >= 4 is 5.69 Å². The second-order valence-electron chi connectivity index (χ2n) is 3.44. The van der Waals surface area contributed by atoms with Crippen molar-refractivity contribution in [1.82, 2.24) is 0 Å². The average Bonchev–Trinajstić information content (AvgIpc) is 2.11. The van der Waals surface area contributed by atoms with Crippen LogP contribution in [0.5, 0.6) is 0 Å². The summed E-state index contributed by atoms with van der Waals surface area (Å²) in [5.41, 5.74) is -4.13. The first-order valence-corrected chi connectivity index (χ1v) is 4.40. The molecule has 1 nitrogen and oxygen atoms in total. The summed E-state index contributed by atoms with van der Waals surface area (Å²) < 4.78 is 111. The molecule has 108 valence electrons. The Morgan fingerprint density at radius 1 is 0.632 bits per heavy atom. The van der Waals surface area contributed by atoms with Gasteiger partial charge >= 0.3 is 18.5 Å². The monoisotopic (exact) mass is 297 g/mol.